The van der Waals surface area contributed by atoms with Crippen molar-refractivity contribution in [2.45, 2.75) is 19.3 Å². The van der Waals surface area contributed by atoms with E-state index in [0.717, 1.165) is 0 Å². The fourth-order valence-electron chi connectivity index (χ4n) is 2.87. The van der Waals surface area contributed by atoms with E-state index in [1.54, 1.807) is 0 Å². The molecule has 1 aliphatic rings. The van der Waals surface area contributed by atoms with Crippen molar-refractivity contribution in [2.75, 3.05) is 6.61 Å². The number of rotatable bonds is 4. The topological polar surface area (TPSA) is 43.4 Å². The van der Waals surface area contributed by atoms with Gasteiger partial charge < -0.3 is 4.74 Å². The summed E-state index contributed by atoms with van der Waals surface area (Å²) >= 11 is 0. The second-order valence-corrected chi connectivity index (χ2v) is 5.29. The van der Waals surface area contributed by atoms with Crippen LogP contribution in [0.25, 0.3) is 11.1 Å². The summed E-state index contributed by atoms with van der Waals surface area (Å²) < 4.78 is 5.29. The van der Waals surface area contributed by atoms with Crippen molar-refractivity contribution in [1.82, 2.24) is 0 Å². The number of carbonyl (C=O) groups excluding carboxylic acids is 2. The summed E-state index contributed by atoms with van der Waals surface area (Å²) in [7, 11) is 0. The summed E-state index contributed by atoms with van der Waals surface area (Å²) in [6.45, 7) is 1.67. The van der Waals surface area contributed by atoms with Gasteiger partial charge in [-0.2, -0.15) is 0 Å². The smallest absolute Gasteiger partial charge is 0.313 e. The fourth-order valence-corrected chi connectivity index (χ4v) is 2.87. The van der Waals surface area contributed by atoms with E-state index in [4.69, 9.17) is 4.74 Å². The quantitative estimate of drug-likeness (QED) is 0.637. The molecule has 0 amide bonds. The molecule has 21 heavy (non-hydrogen) atoms. The van der Waals surface area contributed by atoms with Crippen LogP contribution in [0, 0.1) is 0 Å². The molecular weight excluding hydrogens is 264 g/mol. The molecule has 106 valence electrons. The van der Waals surface area contributed by atoms with Crippen molar-refractivity contribution in [3.63, 3.8) is 0 Å². The number of carbonyl (C=O) groups is 2. The van der Waals surface area contributed by atoms with Crippen molar-refractivity contribution in [3.05, 3.63) is 59.7 Å². The van der Waals surface area contributed by atoms with E-state index >= 15 is 0 Å². The molecule has 3 heteroatoms. The fraction of sp³-hybridized carbons (Fsp3) is 0.222. The standard InChI is InChI=1S/C18H16O3/c1-12(19)10-18(20)21-11-17-15-8-4-2-6-13(15)14-7-3-5-9-16(14)17/h2-9,17H,10-11H2,1H3. The third kappa shape index (κ3) is 2.59. The van der Waals surface area contributed by atoms with Crippen LogP contribution in [0.1, 0.15) is 30.4 Å². The van der Waals surface area contributed by atoms with E-state index in [0.29, 0.717) is 0 Å². The highest BCUT2D eigenvalue weighted by Gasteiger charge is 2.28. The number of fused-ring (bicyclic) bond motifs is 3. The number of hydrogen-bond acceptors (Lipinski definition) is 3. The third-order valence-corrected chi connectivity index (χ3v) is 3.77. The lowest BCUT2D eigenvalue weighted by Gasteiger charge is -2.13. The molecule has 3 rings (SSSR count). The van der Waals surface area contributed by atoms with Crippen LogP contribution in [-0.4, -0.2) is 18.4 Å². The van der Waals surface area contributed by atoms with Crippen LogP contribution in [0.3, 0.4) is 0 Å². The van der Waals surface area contributed by atoms with Crippen molar-refractivity contribution in [1.29, 1.82) is 0 Å². The zero-order valence-electron chi connectivity index (χ0n) is 11.8. The molecule has 0 aromatic heterocycles. The van der Waals surface area contributed by atoms with Crippen LogP contribution in [0.2, 0.25) is 0 Å². The molecule has 1 aliphatic carbocycles. The maximum absolute atomic E-state index is 11.6. The number of ether oxygens (including phenoxy) is 1. The van der Waals surface area contributed by atoms with Gasteiger partial charge in [-0.25, -0.2) is 0 Å². The van der Waals surface area contributed by atoms with Crippen LogP contribution >= 0.6 is 0 Å². The van der Waals surface area contributed by atoms with Gasteiger partial charge in [0.05, 0.1) is 0 Å². The molecule has 0 saturated carbocycles. The van der Waals surface area contributed by atoms with Gasteiger partial charge >= 0.3 is 5.97 Å². The average molecular weight is 280 g/mol. The van der Waals surface area contributed by atoms with E-state index in [1.165, 1.54) is 29.2 Å². The maximum atomic E-state index is 11.6. The van der Waals surface area contributed by atoms with Crippen LogP contribution in [0.4, 0.5) is 0 Å². The lowest BCUT2D eigenvalue weighted by molar-refractivity contribution is -0.145. The second-order valence-electron chi connectivity index (χ2n) is 5.29. The predicted molar refractivity (Wildman–Crippen MR) is 80.0 cm³/mol. The van der Waals surface area contributed by atoms with E-state index in [2.05, 4.69) is 24.3 Å². The molecule has 0 spiro atoms. The maximum Gasteiger partial charge on any atom is 0.313 e. The lowest BCUT2D eigenvalue weighted by Crippen LogP contribution is -2.14. The summed E-state index contributed by atoms with van der Waals surface area (Å²) in [6, 6.07) is 16.3. The first-order chi connectivity index (χ1) is 10.2. The van der Waals surface area contributed by atoms with Gasteiger partial charge in [0.25, 0.3) is 0 Å². The van der Waals surface area contributed by atoms with Crippen molar-refractivity contribution in [2.24, 2.45) is 0 Å². The zero-order valence-corrected chi connectivity index (χ0v) is 11.8. The molecule has 0 heterocycles. The average Bonchev–Trinajstić information content (AvgIpc) is 2.79. The summed E-state index contributed by atoms with van der Waals surface area (Å²) in [5.74, 6) is -0.579. The van der Waals surface area contributed by atoms with Gasteiger partial charge in [0.2, 0.25) is 0 Å². The second kappa shape index (κ2) is 5.52. The van der Waals surface area contributed by atoms with Crippen LogP contribution in [-0.2, 0) is 14.3 Å². The molecular formula is C18H16O3. The van der Waals surface area contributed by atoms with Crippen molar-refractivity contribution < 1.29 is 14.3 Å². The molecule has 0 radical (unpaired) electrons. The highest BCUT2D eigenvalue weighted by atomic mass is 16.5. The summed E-state index contributed by atoms with van der Waals surface area (Å²) in [5, 5.41) is 0. The zero-order chi connectivity index (χ0) is 14.8. The van der Waals surface area contributed by atoms with E-state index in [9.17, 15) is 9.59 Å². The van der Waals surface area contributed by atoms with Crippen LogP contribution in [0.15, 0.2) is 48.5 Å². The number of Topliss-reactive ketones (excluding diaryl/α,β-unsaturated/α-hetero) is 1. The molecule has 3 nitrogen and oxygen atoms in total. The minimum atomic E-state index is -0.454. The van der Waals surface area contributed by atoms with Gasteiger partial charge in [-0.05, 0) is 29.2 Å². The highest BCUT2D eigenvalue weighted by molar-refractivity contribution is 5.94. The molecule has 2 aromatic rings. The van der Waals surface area contributed by atoms with Gasteiger partial charge in [0.1, 0.15) is 18.8 Å². The Bertz CT molecular complexity index is 658. The summed E-state index contributed by atoms with van der Waals surface area (Å²) in [4.78, 5) is 22.5. The molecule has 0 aliphatic heterocycles. The SMILES string of the molecule is CC(=O)CC(=O)OCC1c2ccccc2-c2ccccc21. The van der Waals surface area contributed by atoms with Gasteiger partial charge in [0.15, 0.2) is 0 Å². The Hall–Kier alpha value is -2.42. The minimum Gasteiger partial charge on any atom is -0.464 e. The predicted octanol–water partition coefficient (Wildman–Crippen LogP) is 3.32. The van der Waals surface area contributed by atoms with E-state index in [1.807, 2.05) is 24.3 Å². The number of ketones is 1. The number of hydrogen-bond donors (Lipinski definition) is 0. The first-order valence-corrected chi connectivity index (χ1v) is 7.00. The van der Waals surface area contributed by atoms with Crippen molar-refractivity contribution >= 4 is 11.8 Å². The number of esters is 1. The third-order valence-electron chi connectivity index (χ3n) is 3.77. The highest BCUT2D eigenvalue weighted by Crippen LogP contribution is 2.44. The Morgan fingerprint density at radius 3 is 2.00 bits per heavy atom. The Balaban J connectivity index is 1.85. The molecule has 0 bridgehead atoms. The lowest BCUT2D eigenvalue weighted by atomic mass is 9.98. The minimum absolute atomic E-state index is 0.0494. The Kier molecular flexibility index (Phi) is 3.57. The van der Waals surface area contributed by atoms with Crippen molar-refractivity contribution in [3.8, 4) is 11.1 Å². The summed E-state index contributed by atoms with van der Waals surface area (Å²) in [5.41, 5.74) is 4.74. The normalized spacial score (nSPS) is 12.6. The molecule has 0 atom stereocenters. The Morgan fingerprint density at radius 1 is 0.952 bits per heavy atom. The van der Waals surface area contributed by atoms with Gasteiger partial charge in [-0.1, -0.05) is 48.5 Å². The first-order valence-electron chi connectivity index (χ1n) is 7.00. The summed E-state index contributed by atoms with van der Waals surface area (Å²) in [6.07, 6.45) is -0.157. The largest absolute Gasteiger partial charge is 0.464 e. The molecule has 2 aromatic carbocycles. The molecule has 0 fully saturated rings. The van der Waals surface area contributed by atoms with Gasteiger partial charge in [0, 0.05) is 5.92 Å². The van der Waals surface area contributed by atoms with Gasteiger partial charge in [-0.3, -0.25) is 9.59 Å². The Morgan fingerprint density at radius 2 is 1.48 bits per heavy atom. The number of benzene rings is 2. The van der Waals surface area contributed by atoms with Crippen LogP contribution < -0.4 is 0 Å². The first kappa shape index (κ1) is 13.6. The molecule has 0 saturated heterocycles. The van der Waals surface area contributed by atoms with E-state index < -0.39 is 5.97 Å². The van der Waals surface area contributed by atoms with Crippen LogP contribution in [0.5, 0.6) is 0 Å². The monoisotopic (exact) mass is 280 g/mol. The Labute approximate surface area is 123 Å². The van der Waals surface area contributed by atoms with Gasteiger partial charge in [-0.15, -0.1) is 0 Å². The molecule has 0 N–H and O–H groups in total. The molecule has 0 unspecified atom stereocenters. The van der Waals surface area contributed by atoms with E-state index in [-0.39, 0.29) is 24.7 Å².